The highest BCUT2D eigenvalue weighted by Crippen LogP contribution is 2.29. The SMILES string of the molecule is NCC[C@@H]1CCCN(C(=O)c2c(O)cccc2O)C1. The number of rotatable bonds is 3. The fraction of sp³-hybridized carbons (Fsp3) is 0.500. The van der Waals surface area contributed by atoms with E-state index in [1.54, 1.807) is 4.90 Å². The van der Waals surface area contributed by atoms with Crippen molar-refractivity contribution in [2.75, 3.05) is 19.6 Å². The lowest BCUT2D eigenvalue weighted by atomic mass is 9.94. The molecular weight excluding hydrogens is 244 g/mol. The minimum Gasteiger partial charge on any atom is -0.507 e. The standard InChI is InChI=1S/C14H20N2O3/c15-7-6-10-3-2-8-16(9-10)14(19)13-11(17)4-1-5-12(13)18/h1,4-5,10,17-18H,2-3,6-9,15H2/t10-/m0/s1. The predicted octanol–water partition coefficient (Wildman–Crippen LogP) is 1.30. The van der Waals surface area contributed by atoms with Gasteiger partial charge < -0.3 is 20.8 Å². The maximum Gasteiger partial charge on any atom is 0.261 e. The van der Waals surface area contributed by atoms with E-state index in [1.165, 1.54) is 18.2 Å². The average molecular weight is 264 g/mol. The number of nitrogens with zero attached hydrogens (tertiary/aromatic N) is 1. The number of carbonyl (C=O) groups excluding carboxylic acids is 1. The molecular formula is C14H20N2O3. The van der Waals surface area contributed by atoms with Gasteiger partial charge in [-0.3, -0.25) is 4.79 Å². The summed E-state index contributed by atoms with van der Waals surface area (Å²) < 4.78 is 0. The van der Waals surface area contributed by atoms with Crippen LogP contribution in [0.5, 0.6) is 11.5 Å². The molecule has 0 aliphatic carbocycles. The molecule has 1 fully saturated rings. The van der Waals surface area contributed by atoms with Gasteiger partial charge in [0.15, 0.2) is 0 Å². The number of phenolic OH excluding ortho intramolecular Hbond substituents is 2. The zero-order chi connectivity index (χ0) is 13.8. The number of hydrogen-bond acceptors (Lipinski definition) is 4. The van der Waals surface area contributed by atoms with Crippen LogP contribution in [-0.4, -0.2) is 40.7 Å². The van der Waals surface area contributed by atoms with E-state index in [4.69, 9.17) is 5.73 Å². The van der Waals surface area contributed by atoms with Crippen LogP contribution >= 0.6 is 0 Å². The van der Waals surface area contributed by atoms with Crippen LogP contribution in [0.2, 0.25) is 0 Å². The fourth-order valence-electron chi connectivity index (χ4n) is 2.63. The Labute approximate surface area is 112 Å². The minimum absolute atomic E-state index is 0.00380. The number of nitrogens with two attached hydrogens (primary N) is 1. The molecule has 1 aliphatic heterocycles. The second kappa shape index (κ2) is 5.93. The molecule has 1 saturated heterocycles. The third-order valence-electron chi connectivity index (χ3n) is 3.62. The first kappa shape index (κ1) is 13.7. The van der Waals surface area contributed by atoms with Crippen LogP contribution in [0.15, 0.2) is 18.2 Å². The molecule has 5 heteroatoms. The maximum absolute atomic E-state index is 12.4. The highest BCUT2D eigenvalue weighted by molar-refractivity contribution is 5.99. The van der Waals surface area contributed by atoms with E-state index in [2.05, 4.69) is 0 Å². The maximum atomic E-state index is 12.4. The Kier molecular flexibility index (Phi) is 4.27. The fourth-order valence-corrected chi connectivity index (χ4v) is 2.63. The van der Waals surface area contributed by atoms with Crippen molar-refractivity contribution in [2.45, 2.75) is 19.3 Å². The molecule has 5 nitrogen and oxygen atoms in total. The minimum atomic E-state index is -0.308. The van der Waals surface area contributed by atoms with Crippen molar-refractivity contribution in [3.05, 3.63) is 23.8 Å². The van der Waals surface area contributed by atoms with Crippen LogP contribution in [0, 0.1) is 5.92 Å². The van der Waals surface area contributed by atoms with Gasteiger partial charge in [0.1, 0.15) is 17.1 Å². The molecule has 1 aromatic rings. The summed E-state index contributed by atoms with van der Waals surface area (Å²) in [6.45, 7) is 1.92. The molecule has 0 spiro atoms. The Bertz CT molecular complexity index is 440. The quantitative estimate of drug-likeness (QED) is 0.768. The number of phenols is 2. The molecule has 4 N–H and O–H groups in total. The van der Waals surface area contributed by atoms with E-state index >= 15 is 0 Å². The largest absolute Gasteiger partial charge is 0.507 e. The van der Waals surface area contributed by atoms with Gasteiger partial charge in [-0.2, -0.15) is 0 Å². The first-order valence-electron chi connectivity index (χ1n) is 6.63. The van der Waals surface area contributed by atoms with Crippen molar-refractivity contribution >= 4 is 5.91 Å². The summed E-state index contributed by atoms with van der Waals surface area (Å²) in [6.07, 6.45) is 2.91. The highest BCUT2D eigenvalue weighted by atomic mass is 16.3. The highest BCUT2D eigenvalue weighted by Gasteiger charge is 2.27. The van der Waals surface area contributed by atoms with Crippen LogP contribution < -0.4 is 5.73 Å². The molecule has 1 aliphatic rings. The van der Waals surface area contributed by atoms with E-state index in [-0.39, 0.29) is 23.0 Å². The number of carbonyl (C=O) groups is 1. The summed E-state index contributed by atoms with van der Waals surface area (Å²) in [6, 6.07) is 4.33. The van der Waals surface area contributed by atoms with Gasteiger partial charge in [-0.15, -0.1) is 0 Å². The molecule has 1 heterocycles. The number of benzene rings is 1. The van der Waals surface area contributed by atoms with Crippen molar-refractivity contribution in [1.29, 1.82) is 0 Å². The Balaban J connectivity index is 2.15. The van der Waals surface area contributed by atoms with E-state index in [0.717, 1.165) is 19.3 Å². The molecule has 1 aromatic carbocycles. The first-order valence-corrected chi connectivity index (χ1v) is 6.63. The average Bonchev–Trinajstić information content (AvgIpc) is 2.39. The second-order valence-corrected chi connectivity index (χ2v) is 5.01. The van der Waals surface area contributed by atoms with Crippen LogP contribution in [0.3, 0.4) is 0 Å². The number of aromatic hydroxyl groups is 2. The van der Waals surface area contributed by atoms with E-state index in [1.807, 2.05) is 0 Å². The van der Waals surface area contributed by atoms with Crippen molar-refractivity contribution in [3.63, 3.8) is 0 Å². The van der Waals surface area contributed by atoms with E-state index in [9.17, 15) is 15.0 Å². The van der Waals surface area contributed by atoms with Gasteiger partial charge in [0.05, 0.1) is 0 Å². The Hall–Kier alpha value is -1.75. The van der Waals surface area contributed by atoms with Gasteiger partial charge in [-0.25, -0.2) is 0 Å². The summed E-state index contributed by atoms with van der Waals surface area (Å²) in [5.41, 5.74) is 5.55. The van der Waals surface area contributed by atoms with E-state index < -0.39 is 0 Å². The van der Waals surface area contributed by atoms with Crippen molar-refractivity contribution in [3.8, 4) is 11.5 Å². The normalized spacial score (nSPS) is 19.4. The number of hydrogen-bond donors (Lipinski definition) is 3. The number of piperidine rings is 1. The van der Waals surface area contributed by atoms with Crippen LogP contribution in [-0.2, 0) is 0 Å². The van der Waals surface area contributed by atoms with Crippen molar-refractivity contribution in [1.82, 2.24) is 4.90 Å². The Morgan fingerprint density at radius 1 is 1.37 bits per heavy atom. The molecule has 0 saturated carbocycles. The molecule has 1 amide bonds. The van der Waals surface area contributed by atoms with Crippen LogP contribution in [0.25, 0.3) is 0 Å². The summed E-state index contributed by atoms with van der Waals surface area (Å²) in [4.78, 5) is 14.1. The smallest absolute Gasteiger partial charge is 0.261 e. The van der Waals surface area contributed by atoms with Crippen LogP contribution in [0.4, 0.5) is 0 Å². The third kappa shape index (κ3) is 2.98. The molecule has 0 radical (unpaired) electrons. The van der Waals surface area contributed by atoms with Crippen LogP contribution in [0.1, 0.15) is 29.6 Å². The topological polar surface area (TPSA) is 86.8 Å². The predicted molar refractivity (Wildman–Crippen MR) is 72.1 cm³/mol. The number of likely N-dealkylation sites (tertiary alicyclic amines) is 1. The third-order valence-corrected chi connectivity index (χ3v) is 3.62. The summed E-state index contributed by atoms with van der Waals surface area (Å²) in [5, 5.41) is 19.5. The molecule has 104 valence electrons. The Morgan fingerprint density at radius 2 is 2.05 bits per heavy atom. The lowest BCUT2D eigenvalue weighted by molar-refractivity contribution is 0.0663. The molecule has 2 rings (SSSR count). The van der Waals surface area contributed by atoms with Gasteiger partial charge in [0.25, 0.3) is 5.91 Å². The summed E-state index contributed by atoms with van der Waals surface area (Å²) in [5.74, 6) is -0.245. The number of amides is 1. The molecule has 0 unspecified atom stereocenters. The van der Waals surface area contributed by atoms with Gasteiger partial charge in [0, 0.05) is 13.1 Å². The first-order chi connectivity index (χ1) is 9.13. The Morgan fingerprint density at radius 3 is 2.68 bits per heavy atom. The lowest BCUT2D eigenvalue weighted by Crippen LogP contribution is -2.40. The molecule has 1 atom stereocenters. The molecule has 0 bridgehead atoms. The van der Waals surface area contributed by atoms with Crippen molar-refractivity contribution in [2.24, 2.45) is 11.7 Å². The zero-order valence-electron chi connectivity index (χ0n) is 10.9. The summed E-state index contributed by atoms with van der Waals surface area (Å²) in [7, 11) is 0. The lowest BCUT2D eigenvalue weighted by Gasteiger charge is -2.33. The zero-order valence-corrected chi connectivity index (χ0v) is 10.9. The molecule has 19 heavy (non-hydrogen) atoms. The summed E-state index contributed by atoms with van der Waals surface area (Å²) >= 11 is 0. The van der Waals surface area contributed by atoms with Gasteiger partial charge >= 0.3 is 0 Å². The van der Waals surface area contributed by atoms with Crippen molar-refractivity contribution < 1.29 is 15.0 Å². The van der Waals surface area contributed by atoms with Gasteiger partial charge in [0.2, 0.25) is 0 Å². The second-order valence-electron chi connectivity index (χ2n) is 5.01. The monoisotopic (exact) mass is 264 g/mol. The molecule has 0 aromatic heterocycles. The van der Waals surface area contributed by atoms with E-state index in [0.29, 0.717) is 25.6 Å². The van der Waals surface area contributed by atoms with Gasteiger partial charge in [-0.1, -0.05) is 6.07 Å². The van der Waals surface area contributed by atoms with Gasteiger partial charge in [-0.05, 0) is 43.9 Å².